The van der Waals surface area contributed by atoms with Crippen LogP contribution in [0.1, 0.15) is 26.2 Å². The summed E-state index contributed by atoms with van der Waals surface area (Å²) in [5.74, 6) is 0.588. The molecular formula is C8H13NO2. The summed E-state index contributed by atoms with van der Waals surface area (Å²) in [5, 5.41) is 8.84. The van der Waals surface area contributed by atoms with Gasteiger partial charge >= 0.3 is 6.09 Å². The van der Waals surface area contributed by atoms with Crippen molar-refractivity contribution in [3.05, 3.63) is 0 Å². The van der Waals surface area contributed by atoms with Crippen LogP contribution >= 0.6 is 0 Å². The van der Waals surface area contributed by atoms with Crippen molar-refractivity contribution in [1.82, 2.24) is 4.90 Å². The summed E-state index contributed by atoms with van der Waals surface area (Å²) in [4.78, 5) is 12.4. The molecule has 2 rings (SSSR count). The van der Waals surface area contributed by atoms with Crippen LogP contribution in [0.4, 0.5) is 4.79 Å². The molecule has 0 aromatic heterocycles. The molecule has 3 nitrogen and oxygen atoms in total. The third-order valence-electron chi connectivity index (χ3n) is 3.07. The van der Waals surface area contributed by atoms with Crippen LogP contribution in [-0.4, -0.2) is 28.2 Å². The predicted octanol–water partition coefficient (Wildman–Crippen LogP) is 1.54. The Bertz CT molecular complexity index is 193. The first-order valence-electron chi connectivity index (χ1n) is 4.21. The number of carboxylic acid groups (broad SMARTS) is 1. The third kappa shape index (κ3) is 0.832. The van der Waals surface area contributed by atoms with Gasteiger partial charge in [-0.25, -0.2) is 4.79 Å². The van der Waals surface area contributed by atoms with E-state index in [0.717, 1.165) is 19.3 Å². The van der Waals surface area contributed by atoms with Gasteiger partial charge in [-0.3, -0.25) is 0 Å². The standard InChI is InChI=1S/C8H13NO2/c1-5-4-6-2-3-7(5)9(6)8(10)11/h5-7H,2-4H2,1H3,(H,10,11)/t5?,6-,7?/m1/s1. The molecule has 2 unspecified atom stereocenters. The lowest BCUT2D eigenvalue weighted by atomic mass is 9.91. The van der Waals surface area contributed by atoms with E-state index in [1.807, 2.05) is 0 Å². The summed E-state index contributed by atoms with van der Waals surface area (Å²) in [6.45, 7) is 2.15. The summed E-state index contributed by atoms with van der Waals surface area (Å²) >= 11 is 0. The second-order valence-corrected chi connectivity index (χ2v) is 3.70. The molecule has 1 N–H and O–H groups in total. The van der Waals surface area contributed by atoms with Gasteiger partial charge in [0, 0.05) is 12.1 Å². The van der Waals surface area contributed by atoms with Crippen LogP contribution < -0.4 is 0 Å². The molecule has 0 aromatic carbocycles. The quantitative estimate of drug-likeness (QED) is 0.576. The molecule has 2 aliphatic rings. The van der Waals surface area contributed by atoms with E-state index < -0.39 is 6.09 Å². The van der Waals surface area contributed by atoms with Crippen molar-refractivity contribution in [3.63, 3.8) is 0 Å². The Labute approximate surface area is 66.0 Å². The van der Waals surface area contributed by atoms with E-state index in [9.17, 15) is 4.79 Å². The fourth-order valence-electron chi connectivity index (χ4n) is 2.59. The Balaban J connectivity index is 2.19. The molecule has 3 atom stereocenters. The highest BCUT2D eigenvalue weighted by molar-refractivity contribution is 5.67. The minimum atomic E-state index is -0.721. The number of fused-ring (bicyclic) bond motifs is 2. The zero-order chi connectivity index (χ0) is 8.01. The molecule has 2 bridgehead atoms. The van der Waals surface area contributed by atoms with Crippen LogP contribution in [0.3, 0.4) is 0 Å². The number of hydrogen-bond acceptors (Lipinski definition) is 1. The maximum Gasteiger partial charge on any atom is 0.407 e. The van der Waals surface area contributed by atoms with E-state index in [1.165, 1.54) is 0 Å². The Morgan fingerprint density at radius 1 is 1.55 bits per heavy atom. The van der Waals surface area contributed by atoms with Crippen LogP contribution in [0.25, 0.3) is 0 Å². The summed E-state index contributed by atoms with van der Waals surface area (Å²) < 4.78 is 0. The van der Waals surface area contributed by atoms with E-state index >= 15 is 0 Å². The number of nitrogens with zero attached hydrogens (tertiary/aromatic N) is 1. The van der Waals surface area contributed by atoms with Crippen LogP contribution in [-0.2, 0) is 0 Å². The maximum absolute atomic E-state index is 10.7. The molecule has 0 saturated carbocycles. The fraction of sp³-hybridized carbons (Fsp3) is 0.875. The molecule has 11 heavy (non-hydrogen) atoms. The molecular weight excluding hydrogens is 142 g/mol. The molecule has 2 aliphatic heterocycles. The van der Waals surface area contributed by atoms with Crippen molar-refractivity contribution >= 4 is 6.09 Å². The van der Waals surface area contributed by atoms with Gasteiger partial charge in [-0.15, -0.1) is 0 Å². The van der Waals surface area contributed by atoms with Crippen molar-refractivity contribution in [2.75, 3.05) is 0 Å². The lowest BCUT2D eigenvalue weighted by Crippen LogP contribution is -2.34. The molecule has 0 aliphatic carbocycles. The van der Waals surface area contributed by atoms with Crippen LogP contribution in [0, 0.1) is 5.92 Å². The Morgan fingerprint density at radius 2 is 2.27 bits per heavy atom. The van der Waals surface area contributed by atoms with Crippen molar-refractivity contribution < 1.29 is 9.90 Å². The van der Waals surface area contributed by atoms with Gasteiger partial charge in [-0.2, -0.15) is 0 Å². The zero-order valence-electron chi connectivity index (χ0n) is 6.66. The summed E-state index contributed by atoms with van der Waals surface area (Å²) in [6.07, 6.45) is 2.53. The minimum Gasteiger partial charge on any atom is -0.465 e. The molecule has 0 spiro atoms. The number of hydrogen-bond donors (Lipinski definition) is 1. The van der Waals surface area contributed by atoms with E-state index in [2.05, 4.69) is 6.92 Å². The highest BCUT2D eigenvalue weighted by atomic mass is 16.4. The summed E-state index contributed by atoms with van der Waals surface area (Å²) in [5.41, 5.74) is 0. The first kappa shape index (κ1) is 6.95. The molecule has 3 heteroatoms. The van der Waals surface area contributed by atoms with Crippen molar-refractivity contribution in [3.8, 4) is 0 Å². The first-order chi connectivity index (χ1) is 5.20. The monoisotopic (exact) mass is 155 g/mol. The summed E-state index contributed by atoms with van der Waals surface area (Å²) in [6, 6.07) is 0.671. The lowest BCUT2D eigenvalue weighted by Gasteiger charge is -2.18. The van der Waals surface area contributed by atoms with Crippen molar-refractivity contribution in [1.29, 1.82) is 0 Å². The highest BCUT2D eigenvalue weighted by Crippen LogP contribution is 2.41. The van der Waals surface area contributed by atoms with Crippen molar-refractivity contribution in [2.24, 2.45) is 5.92 Å². The van der Waals surface area contributed by atoms with Crippen LogP contribution in [0.15, 0.2) is 0 Å². The molecule has 0 aromatic rings. The SMILES string of the molecule is CC1C[C@H]2CCC1N2C(=O)O. The van der Waals surface area contributed by atoms with Crippen LogP contribution in [0.2, 0.25) is 0 Å². The smallest absolute Gasteiger partial charge is 0.407 e. The molecule has 2 heterocycles. The highest BCUT2D eigenvalue weighted by Gasteiger charge is 2.46. The average Bonchev–Trinajstić information content (AvgIpc) is 2.41. The zero-order valence-corrected chi connectivity index (χ0v) is 6.66. The van der Waals surface area contributed by atoms with Crippen LogP contribution in [0.5, 0.6) is 0 Å². The predicted molar refractivity (Wildman–Crippen MR) is 40.5 cm³/mol. The molecule has 1 amide bonds. The van der Waals surface area contributed by atoms with Gasteiger partial charge in [0.15, 0.2) is 0 Å². The normalized spacial score (nSPS) is 41.5. The van der Waals surface area contributed by atoms with Crippen molar-refractivity contribution in [2.45, 2.75) is 38.3 Å². The van der Waals surface area contributed by atoms with Gasteiger partial charge in [0.1, 0.15) is 0 Å². The van der Waals surface area contributed by atoms with Gasteiger partial charge < -0.3 is 10.0 Å². The first-order valence-corrected chi connectivity index (χ1v) is 4.21. The number of amides is 1. The third-order valence-corrected chi connectivity index (χ3v) is 3.07. The van der Waals surface area contributed by atoms with E-state index in [-0.39, 0.29) is 0 Å². The number of carbonyl (C=O) groups is 1. The van der Waals surface area contributed by atoms with Gasteiger partial charge in [-0.05, 0) is 25.2 Å². The van der Waals surface area contributed by atoms with E-state index in [4.69, 9.17) is 5.11 Å². The van der Waals surface area contributed by atoms with Gasteiger partial charge in [0.25, 0.3) is 0 Å². The Kier molecular flexibility index (Phi) is 1.34. The largest absolute Gasteiger partial charge is 0.465 e. The average molecular weight is 155 g/mol. The lowest BCUT2D eigenvalue weighted by molar-refractivity contribution is 0.136. The Morgan fingerprint density at radius 3 is 2.55 bits per heavy atom. The molecule has 2 saturated heterocycles. The molecule has 0 radical (unpaired) electrons. The molecule has 62 valence electrons. The molecule has 2 fully saturated rings. The maximum atomic E-state index is 10.7. The van der Waals surface area contributed by atoms with Gasteiger partial charge in [0.2, 0.25) is 0 Å². The second-order valence-electron chi connectivity index (χ2n) is 3.70. The Hall–Kier alpha value is -0.730. The second kappa shape index (κ2) is 2.13. The van der Waals surface area contributed by atoms with E-state index in [0.29, 0.717) is 18.0 Å². The van der Waals surface area contributed by atoms with Gasteiger partial charge in [0.05, 0.1) is 0 Å². The number of rotatable bonds is 0. The summed E-state index contributed by atoms with van der Waals surface area (Å²) in [7, 11) is 0. The van der Waals surface area contributed by atoms with Gasteiger partial charge in [-0.1, -0.05) is 6.92 Å². The minimum absolute atomic E-state index is 0.331. The fourth-order valence-corrected chi connectivity index (χ4v) is 2.59. The van der Waals surface area contributed by atoms with E-state index in [1.54, 1.807) is 4.90 Å². The topological polar surface area (TPSA) is 40.5 Å².